The van der Waals surface area contributed by atoms with Gasteiger partial charge in [0.1, 0.15) is 27.9 Å². The molecule has 9 heteroatoms. The van der Waals surface area contributed by atoms with Crippen LogP contribution in [0.3, 0.4) is 0 Å². The summed E-state index contributed by atoms with van der Waals surface area (Å²) >= 11 is 0. The molecule has 44 heavy (non-hydrogen) atoms. The third-order valence-electron chi connectivity index (χ3n) is 7.32. The van der Waals surface area contributed by atoms with Crippen molar-refractivity contribution < 1.29 is 31.9 Å². The van der Waals surface area contributed by atoms with E-state index in [1.165, 1.54) is 6.07 Å². The Morgan fingerprint density at radius 3 is 1.34 bits per heavy atom. The molecule has 5 aromatic carbocycles. The highest BCUT2D eigenvalue weighted by atomic mass is 32.2. The average Bonchev–Trinajstić information content (AvgIpc) is 3.04. The summed E-state index contributed by atoms with van der Waals surface area (Å²) in [6, 6.07) is 31.7. The Morgan fingerprint density at radius 1 is 0.545 bits per heavy atom. The molecule has 0 amide bonds. The first-order valence-corrected chi connectivity index (χ1v) is 16.5. The summed E-state index contributed by atoms with van der Waals surface area (Å²) in [6.45, 7) is 1.90. The Labute approximate surface area is 259 Å². The minimum absolute atomic E-state index is 0.155. The van der Waals surface area contributed by atoms with Crippen molar-refractivity contribution in [3.63, 3.8) is 0 Å². The molecule has 0 aliphatic rings. The maximum Gasteiger partial charge on any atom is 0.295 e. The predicted octanol–water partition coefficient (Wildman–Crippen LogP) is 6.37. The summed E-state index contributed by atoms with van der Waals surface area (Å²) < 4.78 is 59.6. The fraction of sp³-hybridized carbons (Fsp3) is 0.143. The lowest BCUT2D eigenvalue weighted by Gasteiger charge is -2.28. The molecule has 0 heterocycles. The van der Waals surface area contributed by atoms with Gasteiger partial charge in [0.15, 0.2) is 0 Å². The topological polar surface area (TPSA) is 91.3 Å². The summed E-state index contributed by atoms with van der Waals surface area (Å²) in [6.07, 6.45) is 0. The normalized spacial score (nSPS) is 11.3. The molecule has 1 N–H and O–H groups in total. The van der Waals surface area contributed by atoms with Crippen molar-refractivity contribution >= 4 is 34.0 Å². The average molecular weight is 629 g/mol. The summed E-state index contributed by atoms with van der Waals surface area (Å²) in [7, 11) is 0.137. The first-order chi connectivity index (χ1) is 21.2. The molecule has 0 atom stereocenters. The maximum atomic E-state index is 12.9. The lowest BCUT2D eigenvalue weighted by Crippen LogP contribution is -2.27. The second-order valence-corrected chi connectivity index (χ2v) is 13.4. The second kappa shape index (κ2) is 13.1. The summed E-state index contributed by atoms with van der Waals surface area (Å²) in [5, 5.41) is 2.15. The molecule has 0 aliphatic heterocycles. The van der Waals surface area contributed by atoms with Gasteiger partial charge in [0.25, 0.3) is 10.1 Å². The highest BCUT2D eigenvalue weighted by Crippen LogP contribution is 2.47. The Hall–Kier alpha value is -4.36. The maximum absolute atomic E-state index is 12.9. The minimum Gasteiger partial charge on any atom is -0.496 e. The molecule has 226 valence electrons. The van der Waals surface area contributed by atoms with Crippen LogP contribution in [-0.2, 0) is 10.1 Å². The Balaban J connectivity index is 1.95. The van der Waals surface area contributed by atoms with Gasteiger partial charge in [-0.15, -0.1) is 0 Å². The van der Waals surface area contributed by atoms with E-state index in [0.29, 0.717) is 28.3 Å². The van der Waals surface area contributed by atoms with Crippen molar-refractivity contribution in [2.45, 2.75) is 11.8 Å². The molecule has 0 aromatic heterocycles. The van der Waals surface area contributed by atoms with Gasteiger partial charge in [-0.2, -0.15) is 8.42 Å². The molecule has 5 aromatic rings. The summed E-state index contributed by atoms with van der Waals surface area (Å²) in [4.78, 5) is -0.155. The largest absolute Gasteiger partial charge is 0.496 e. The molecule has 0 radical (unpaired) electrons. The molecular formula is C35H33O7PS. The van der Waals surface area contributed by atoms with Crippen LogP contribution >= 0.6 is 7.92 Å². The number of benzene rings is 5. The van der Waals surface area contributed by atoms with E-state index in [2.05, 4.69) is 0 Å². The molecule has 5 rings (SSSR count). The van der Waals surface area contributed by atoms with Crippen LogP contribution in [0.2, 0.25) is 0 Å². The van der Waals surface area contributed by atoms with Gasteiger partial charge in [-0.05, 0) is 73.0 Å². The van der Waals surface area contributed by atoms with Crippen LogP contribution in [0, 0.1) is 6.92 Å². The van der Waals surface area contributed by atoms with E-state index in [-0.39, 0.29) is 4.90 Å². The van der Waals surface area contributed by atoms with Crippen LogP contribution in [-0.4, -0.2) is 41.4 Å². The van der Waals surface area contributed by atoms with E-state index in [0.717, 1.165) is 38.4 Å². The van der Waals surface area contributed by atoms with Crippen molar-refractivity contribution in [1.82, 2.24) is 0 Å². The summed E-state index contributed by atoms with van der Waals surface area (Å²) in [5.74, 6) is 2.41. The zero-order valence-electron chi connectivity index (χ0n) is 25.1. The number of methoxy groups -OCH3 is 4. The van der Waals surface area contributed by atoms with Crippen molar-refractivity contribution in [3.05, 3.63) is 109 Å². The predicted molar refractivity (Wildman–Crippen MR) is 177 cm³/mol. The van der Waals surface area contributed by atoms with Gasteiger partial charge in [-0.3, -0.25) is 4.55 Å². The molecule has 0 unspecified atom stereocenters. The first-order valence-electron chi connectivity index (χ1n) is 13.7. The van der Waals surface area contributed by atoms with Gasteiger partial charge in [0.2, 0.25) is 0 Å². The van der Waals surface area contributed by atoms with Gasteiger partial charge >= 0.3 is 0 Å². The highest BCUT2D eigenvalue weighted by Gasteiger charge is 2.31. The molecule has 0 fully saturated rings. The van der Waals surface area contributed by atoms with E-state index in [1.54, 1.807) is 34.5 Å². The number of aryl methyl sites for hydroxylation is 1. The van der Waals surface area contributed by atoms with Crippen molar-refractivity contribution in [2.24, 2.45) is 0 Å². The number of ether oxygens (including phenoxy) is 4. The van der Waals surface area contributed by atoms with Crippen molar-refractivity contribution in [2.75, 3.05) is 28.4 Å². The lowest BCUT2D eigenvalue weighted by molar-refractivity contribution is 0.397. The second-order valence-electron chi connectivity index (χ2n) is 9.89. The highest BCUT2D eigenvalue weighted by molar-refractivity contribution is 7.88. The third-order valence-corrected chi connectivity index (χ3v) is 11.0. The SMILES string of the molecule is COc1cccc(OC)c1-c1ccccc1P(c1ccccc1-c1c(OC)cccc1OC)c1cc(C)ccc1S(=O)(=O)O. The Morgan fingerprint density at radius 2 is 0.955 bits per heavy atom. The van der Waals surface area contributed by atoms with Gasteiger partial charge in [0.05, 0.1) is 39.6 Å². The molecule has 0 saturated heterocycles. The first kappa shape index (κ1) is 31.1. The number of rotatable bonds is 10. The van der Waals surface area contributed by atoms with E-state index in [4.69, 9.17) is 18.9 Å². The molecular weight excluding hydrogens is 595 g/mol. The fourth-order valence-corrected chi connectivity index (χ4v) is 9.32. The zero-order chi connectivity index (χ0) is 31.4. The zero-order valence-corrected chi connectivity index (χ0v) is 26.8. The van der Waals surface area contributed by atoms with Crippen molar-refractivity contribution in [3.8, 4) is 45.3 Å². The van der Waals surface area contributed by atoms with Crippen LogP contribution in [0.25, 0.3) is 22.3 Å². The van der Waals surface area contributed by atoms with Gasteiger partial charge in [-0.25, -0.2) is 0 Å². The Kier molecular flexibility index (Phi) is 9.25. The molecule has 0 spiro atoms. The van der Waals surface area contributed by atoms with Crippen molar-refractivity contribution in [1.29, 1.82) is 0 Å². The molecule has 0 bridgehead atoms. The van der Waals surface area contributed by atoms with Gasteiger partial charge in [0, 0.05) is 5.30 Å². The quantitative estimate of drug-likeness (QED) is 0.142. The standard InChI is InChI=1S/C35H33O7PS/c1-23-20-21-33(44(36,37)38)32(22-23)43(30-18-8-6-12-24(30)34-26(39-2)14-10-15-27(34)40-3)31-19-9-7-13-25(31)35-28(41-4)16-11-17-29(35)42-5/h6-22H,1-5H3,(H,36,37,38). The smallest absolute Gasteiger partial charge is 0.295 e. The van der Waals surface area contributed by atoms with E-state index in [1.807, 2.05) is 97.9 Å². The monoisotopic (exact) mass is 628 g/mol. The van der Waals surface area contributed by atoms with Crippen LogP contribution in [0.5, 0.6) is 23.0 Å². The van der Waals surface area contributed by atoms with E-state index >= 15 is 0 Å². The number of hydrogen-bond donors (Lipinski definition) is 1. The van der Waals surface area contributed by atoms with E-state index < -0.39 is 18.0 Å². The third kappa shape index (κ3) is 5.89. The molecule has 0 saturated carbocycles. The van der Waals surface area contributed by atoms with E-state index in [9.17, 15) is 13.0 Å². The molecule has 7 nitrogen and oxygen atoms in total. The summed E-state index contributed by atoms with van der Waals surface area (Å²) in [5.41, 5.74) is 3.91. The fourth-order valence-electron chi connectivity index (χ4n) is 5.40. The number of hydrogen-bond acceptors (Lipinski definition) is 6. The molecule has 0 aliphatic carbocycles. The Bertz CT molecular complexity index is 1780. The van der Waals surface area contributed by atoms with Crippen LogP contribution in [0.15, 0.2) is 108 Å². The lowest BCUT2D eigenvalue weighted by atomic mass is 10.0. The van der Waals surface area contributed by atoms with Crippen LogP contribution in [0.1, 0.15) is 5.56 Å². The van der Waals surface area contributed by atoms with Gasteiger partial charge < -0.3 is 18.9 Å². The van der Waals surface area contributed by atoms with Crippen LogP contribution in [0.4, 0.5) is 0 Å². The van der Waals surface area contributed by atoms with Crippen LogP contribution < -0.4 is 34.9 Å². The van der Waals surface area contributed by atoms with Gasteiger partial charge in [-0.1, -0.05) is 72.3 Å². The minimum atomic E-state index is -4.60.